The molecule has 0 radical (unpaired) electrons. The molecule has 0 saturated carbocycles. The Morgan fingerprint density at radius 2 is 1.87 bits per heavy atom. The Morgan fingerprint density at radius 1 is 1.13 bits per heavy atom. The summed E-state index contributed by atoms with van der Waals surface area (Å²) in [7, 11) is 3.11. The van der Waals surface area contributed by atoms with Gasteiger partial charge in [0.2, 0.25) is 0 Å². The second kappa shape index (κ2) is 10.3. The average Bonchev–Trinajstić information content (AvgIpc) is 2.71. The van der Waals surface area contributed by atoms with Gasteiger partial charge in [0.05, 0.1) is 18.7 Å². The third-order valence-electron chi connectivity index (χ3n) is 3.99. The molecule has 0 aromatic heterocycles. The van der Waals surface area contributed by atoms with E-state index < -0.39 is 11.7 Å². The summed E-state index contributed by atoms with van der Waals surface area (Å²) in [6.07, 6.45) is -0.424. The molecular weight excluding hydrogens is 398 g/mol. The third kappa shape index (κ3) is 7.55. The van der Waals surface area contributed by atoms with E-state index in [1.165, 1.54) is 18.1 Å². The molecular formula is C23H27N3O5. The van der Waals surface area contributed by atoms with Crippen molar-refractivity contribution in [2.45, 2.75) is 32.9 Å². The molecule has 0 aliphatic carbocycles. The van der Waals surface area contributed by atoms with Gasteiger partial charge in [0.1, 0.15) is 5.60 Å². The highest BCUT2D eigenvalue weighted by Gasteiger charge is 2.19. The fourth-order valence-electron chi connectivity index (χ4n) is 2.62. The summed E-state index contributed by atoms with van der Waals surface area (Å²) in [5, 5.41) is 11.7. The quantitative estimate of drug-likeness (QED) is 0.721. The standard InChI is InChI=1S/C23H27N3O5/c1-23(2,3)31-22(28)26(4)14-17-7-6-8-18(11-17)25-21(27)15-30-19-10-9-16(13-24)12-20(19)29-5/h6-12H,14-15H2,1-5H3,(H,25,27). The van der Waals surface area contributed by atoms with Gasteiger partial charge in [0.25, 0.3) is 5.91 Å². The normalized spacial score (nSPS) is 10.6. The molecule has 2 aromatic rings. The Labute approximate surface area is 182 Å². The number of hydrogen-bond donors (Lipinski definition) is 1. The first kappa shape index (κ1) is 23.5. The van der Waals surface area contributed by atoms with Crippen LogP contribution in [-0.2, 0) is 16.1 Å². The van der Waals surface area contributed by atoms with Gasteiger partial charge in [0, 0.05) is 25.3 Å². The van der Waals surface area contributed by atoms with Crippen molar-refractivity contribution in [1.82, 2.24) is 4.90 Å². The van der Waals surface area contributed by atoms with Crippen LogP contribution < -0.4 is 14.8 Å². The van der Waals surface area contributed by atoms with Crippen LogP contribution in [0.1, 0.15) is 31.9 Å². The molecule has 1 N–H and O–H groups in total. The van der Waals surface area contributed by atoms with Crippen LogP contribution >= 0.6 is 0 Å². The topological polar surface area (TPSA) is 101 Å². The lowest BCUT2D eigenvalue weighted by Gasteiger charge is -2.24. The van der Waals surface area contributed by atoms with Crippen molar-refractivity contribution in [1.29, 1.82) is 5.26 Å². The smallest absolute Gasteiger partial charge is 0.410 e. The van der Waals surface area contributed by atoms with Gasteiger partial charge in [-0.15, -0.1) is 0 Å². The van der Waals surface area contributed by atoms with E-state index in [0.29, 0.717) is 29.3 Å². The first-order valence-corrected chi connectivity index (χ1v) is 9.65. The van der Waals surface area contributed by atoms with Crippen LogP contribution in [0.25, 0.3) is 0 Å². The zero-order valence-electron chi connectivity index (χ0n) is 18.4. The summed E-state index contributed by atoms with van der Waals surface area (Å²) >= 11 is 0. The molecule has 0 atom stereocenters. The number of rotatable bonds is 7. The monoisotopic (exact) mass is 425 g/mol. The number of nitrogens with zero attached hydrogens (tertiary/aromatic N) is 2. The van der Waals surface area contributed by atoms with Crippen LogP contribution in [0.3, 0.4) is 0 Å². The Kier molecular flexibility index (Phi) is 7.86. The molecule has 31 heavy (non-hydrogen) atoms. The van der Waals surface area contributed by atoms with Crippen LogP contribution in [0.5, 0.6) is 11.5 Å². The van der Waals surface area contributed by atoms with Crippen LogP contribution in [0.4, 0.5) is 10.5 Å². The van der Waals surface area contributed by atoms with E-state index in [1.54, 1.807) is 37.4 Å². The van der Waals surface area contributed by atoms with Crippen LogP contribution in [-0.4, -0.2) is 43.3 Å². The second-order valence-corrected chi connectivity index (χ2v) is 7.85. The second-order valence-electron chi connectivity index (χ2n) is 7.85. The van der Waals surface area contributed by atoms with Crippen molar-refractivity contribution >= 4 is 17.7 Å². The van der Waals surface area contributed by atoms with Gasteiger partial charge in [-0.05, 0) is 50.6 Å². The van der Waals surface area contributed by atoms with Crippen LogP contribution in [0.2, 0.25) is 0 Å². The van der Waals surface area contributed by atoms with E-state index in [9.17, 15) is 9.59 Å². The molecule has 0 fully saturated rings. The lowest BCUT2D eigenvalue weighted by Crippen LogP contribution is -2.33. The number of ether oxygens (including phenoxy) is 3. The van der Waals surface area contributed by atoms with Gasteiger partial charge in [-0.3, -0.25) is 4.79 Å². The molecule has 0 aliphatic rings. The molecule has 8 nitrogen and oxygen atoms in total. The van der Waals surface area contributed by atoms with E-state index in [1.807, 2.05) is 32.9 Å². The molecule has 2 amide bonds. The number of benzene rings is 2. The maximum Gasteiger partial charge on any atom is 0.410 e. The highest BCUT2D eigenvalue weighted by Crippen LogP contribution is 2.27. The lowest BCUT2D eigenvalue weighted by atomic mass is 10.2. The molecule has 0 spiro atoms. The minimum absolute atomic E-state index is 0.232. The number of methoxy groups -OCH3 is 1. The summed E-state index contributed by atoms with van der Waals surface area (Å²) < 4.78 is 16.1. The number of nitrogens with one attached hydrogen (secondary N) is 1. The van der Waals surface area contributed by atoms with E-state index in [-0.39, 0.29) is 12.5 Å². The number of anilines is 1. The molecule has 0 aliphatic heterocycles. The maximum absolute atomic E-state index is 12.3. The Hall–Kier alpha value is -3.73. The highest BCUT2D eigenvalue weighted by molar-refractivity contribution is 5.92. The van der Waals surface area contributed by atoms with E-state index in [2.05, 4.69) is 5.32 Å². The predicted molar refractivity (Wildman–Crippen MR) is 116 cm³/mol. The maximum atomic E-state index is 12.3. The molecule has 8 heteroatoms. The Balaban J connectivity index is 1.94. The zero-order chi connectivity index (χ0) is 23.0. The molecule has 2 rings (SSSR count). The number of carbonyl (C=O) groups is 2. The number of amides is 2. The van der Waals surface area contributed by atoms with Gasteiger partial charge < -0.3 is 24.4 Å². The van der Waals surface area contributed by atoms with Gasteiger partial charge in [-0.2, -0.15) is 5.26 Å². The van der Waals surface area contributed by atoms with Gasteiger partial charge in [-0.1, -0.05) is 12.1 Å². The van der Waals surface area contributed by atoms with Crippen molar-refractivity contribution in [2.75, 3.05) is 26.1 Å². The average molecular weight is 425 g/mol. The van der Waals surface area contributed by atoms with Crippen LogP contribution in [0, 0.1) is 11.3 Å². The SMILES string of the molecule is COc1cc(C#N)ccc1OCC(=O)Nc1cccc(CN(C)C(=O)OC(C)(C)C)c1. The summed E-state index contributed by atoms with van der Waals surface area (Å²) in [6.45, 7) is 5.53. The first-order valence-electron chi connectivity index (χ1n) is 9.65. The van der Waals surface area contributed by atoms with E-state index in [0.717, 1.165) is 5.56 Å². The highest BCUT2D eigenvalue weighted by atomic mass is 16.6. The van der Waals surface area contributed by atoms with Gasteiger partial charge >= 0.3 is 6.09 Å². The number of nitriles is 1. The van der Waals surface area contributed by atoms with Crippen molar-refractivity contribution in [3.63, 3.8) is 0 Å². The molecule has 0 bridgehead atoms. The van der Waals surface area contributed by atoms with Crippen molar-refractivity contribution in [3.8, 4) is 17.6 Å². The molecule has 2 aromatic carbocycles. The number of hydrogen-bond acceptors (Lipinski definition) is 6. The van der Waals surface area contributed by atoms with Crippen molar-refractivity contribution < 1.29 is 23.8 Å². The molecule has 0 heterocycles. The van der Waals surface area contributed by atoms with Gasteiger partial charge in [0.15, 0.2) is 18.1 Å². The largest absolute Gasteiger partial charge is 0.493 e. The lowest BCUT2D eigenvalue weighted by molar-refractivity contribution is -0.118. The van der Waals surface area contributed by atoms with Crippen molar-refractivity contribution in [2.24, 2.45) is 0 Å². The third-order valence-corrected chi connectivity index (χ3v) is 3.99. The summed E-state index contributed by atoms with van der Waals surface area (Å²) in [5.41, 5.74) is 1.27. The number of carbonyl (C=O) groups excluding carboxylic acids is 2. The molecule has 0 unspecified atom stereocenters. The Bertz CT molecular complexity index is 976. The zero-order valence-corrected chi connectivity index (χ0v) is 18.4. The predicted octanol–water partition coefficient (Wildman–Crippen LogP) is 3.95. The minimum Gasteiger partial charge on any atom is -0.493 e. The molecule has 164 valence electrons. The summed E-state index contributed by atoms with van der Waals surface area (Å²) in [4.78, 5) is 25.9. The summed E-state index contributed by atoms with van der Waals surface area (Å²) in [5.74, 6) is 0.382. The van der Waals surface area contributed by atoms with Crippen molar-refractivity contribution in [3.05, 3.63) is 53.6 Å². The summed E-state index contributed by atoms with van der Waals surface area (Å²) in [6, 6.07) is 13.9. The van der Waals surface area contributed by atoms with E-state index >= 15 is 0 Å². The van der Waals surface area contributed by atoms with E-state index in [4.69, 9.17) is 19.5 Å². The van der Waals surface area contributed by atoms with Gasteiger partial charge in [-0.25, -0.2) is 4.79 Å². The fourth-order valence-corrected chi connectivity index (χ4v) is 2.62. The first-order chi connectivity index (χ1) is 14.6. The Morgan fingerprint density at radius 3 is 2.52 bits per heavy atom. The molecule has 0 saturated heterocycles. The van der Waals surface area contributed by atoms with Crippen LogP contribution in [0.15, 0.2) is 42.5 Å². The fraction of sp³-hybridized carbons (Fsp3) is 0.348. The minimum atomic E-state index is -0.571.